The van der Waals surface area contributed by atoms with Crippen molar-refractivity contribution in [1.82, 2.24) is 10.7 Å². The molecular formula is C24H29N3O3S. The average Bonchev–Trinajstić information content (AvgIpc) is 2.80. The van der Waals surface area contributed by atoms with Crippen LogP contribution in [0.2, 0.25) is 0 Å². The van der Waals surface area contributed by atoms with E-state index in [4.69, 9.17) is 4.74 Å². The van der Waals surface area contributed by atoms with Crippen molar-refractivity contribution in [1.29, 1.82) is 0 Å². The van der Waals surface area contributed by atoms with Crippen LogP contribution in [-0.2, 0) is 9.59 Å². The molecule has 2 N–H and O–H groups in total. The van der Waals surface area contributed by atoms with Crippen LogP contribution in [-0.4, -0.2) is 36.4 Å². The molecule has 7 heteroatoms. The Bertz CT molecular complexity index is 850. The quantitative estimate of drug-likeness (QED) is 0.331. The van der Waals surface area contributed by atoms with E-state index in [1.807, 2.05) is 42.5 Å². The zero-order valence-electron chi connectivity index (χ0n) is 17.6. The number of thioether (sulfide) groups is 1. The van der Waals surface area contributed by atoms with Gasteiger partial charge in [-0.3, -0.25) is 9.59 Å². The minimum atomic E-state index is -0.122. The highest BCUT2D eigenvalue weighted by Gasteiger charge is 2.15. The van der Waals surface area contributed by atoms with Crippen molar-refractivity contribution >= 4 is 29.8 Å². The van der Waals surface area contributed by atoms with Gasteiger partial charge in [0, 0.05) is 23.1 Å². The molecule has 0 aliphatic heterocycles. The monoisotopic (exact) mass is 439 g/mol. The lowest BCUT2D eigenvalue weighted by molar-refractivity contribution is -0.124. The molecule has 1 aliphatic rings. The van der Waals surface area contributed by atoms with E-state index < -0.39 is 0 Å². The summed E-state index contributed by atoms with van der Waals surface area (Å²) in [5, 5.41) is 7.03. The molecule has 0 heterocycles. The lowest BCUT2D eigenvalue weighted by Crippen LogP contribution is -2.38. The number of carbonyl (C=O) groups is 2. The van der Waals surface area contributed by atoms with E-state index in [-0.39, 0.29) is 24.5 Å². The maximum atomic E-state index is 12.0. The zero-order valence-corrected chi connectivity index (χ0v) is 18.4. The number of nitrogens with one attached hydrogen (secondary N) is 2. The molecule has 0 aromatic heterocycles. The molecule has 1 aliphatic carbocycles. The second-order valence-electron chi connectivity index (χ2n) is 7.46. The summed E-state index contributed by atoms with van der Waals surface area (Å²) in [6.45, 7) is 0.0149. The van der Waals surface area contributed by atoms with Crippen molar-refractivity contribution in [2.24, 2.45) is 5.10 Å². The van der Waals surface area contributed by atoms with Crippen molar-refractivity contribution in [2.75, 3.05) is 12.4 Å². The van der Waals surface area contributed by atoms with Crippen LogP contribution in [0.3, 0.4) is 0 Å². The van der Waals surface area contributed by atoms with E-state index >= 15 is 0 Å². The van der Waals surface area contributed by atoms with Crippen LogP contribution in [0.15, 0.2) is 64.6 Å². The fraction of sp³-hybridized carbons (Fsp3) is 0.375. The van der Waals surface area contributed by atoms with Gasteiger partial charge in [0.25, 0.3) is 5.91 Å². The van der Waals surface area contributed by atoms with Crippen molar-refractivity contribution in [3.63, 3.8) is 0 Å². The Morgan fingerprint density at radius 3 is 2.48 bits per heavy atom. The summed E-state index contributed by atoms with van der Waals surface area (Å²) in [5.74, 6) is 1.12. The lowest BCUT2D eigenvalue weighted by atomic mass is 9.95. The highest BCUT2D eigenvalue weighted by atomic mass is 32.2. The largest absolute Gasteiger partial charge is 0.484 e. The molecule has 0 spiro atoms. The van der Waals surface area contributed by atoms with E-state index in [1.54, 1.807) is 30.1 Å². The molecule has 1 saturated carbocycles. The van der Waals surface area contributed by atoms with Crippen molar-refractivity contribution in [2.45, 2.75) is 49.5 Å². The Labute approximate surface area is 187 Å². The molecule has 31 heavy (non-hydrogen) atoms. The number of rotatable bonds is 10. The Hall–Kier alpha value is -2.80. The predicted molar refractivity (Wildman–Crippen MR) is 124 cm³/mol. The summed E-state index contributed by atoms with van der Waals surface area (Å²) >= 11 is 1.64. The Morgan fingerprint density at radius 1 is 1.00 bits per heavy atom. The summed E-state index contributed by atoms with van der Waals surface area (Å²) in [7, 11) is 0. The number of hydrazone groups is 1. The zero-order chi connectivity index (χ0) is 21.7. The van der Waals surface area contributed by atoms with Gasteiger partial charge >= 0.3 is 0 Å². The normalized spacial score (nSPS) is 14.3. The van der Waals surface area contributed by atoms with Crippen LogP contribution < -0.4 is 15.5 Å². The summed E-state index contributed by atoms with van der Waals surface area (Å²) in [6, 6.07) is 17.5. The minimum Gasteiger partial charge on any atom is -0.484 e. The highest BCUT2D eigenvalue weighted by Crippen LogP contribution is 2.18. The van der Waals surface area contributed by atoms with E-state index in [2.05, 4.69) is 15.8 Å². The summed E-state index contributed by atoms with van der Waals surface area (Å²) in [5.41, 5.74) is 3.38. The van der Waals surface area contributed by atoms with Crippen LogP contribution >= 0.6 is 11.8 Å². The number of nitrogens with zero attached hydrogens (tertiary/aromatic N) is 1. The standard InChI is InChI=1S/C24H29N3O3S/c28-23(15-16-31-22-9-5-2-6-10-22)27-25-17-19-11-13-21(14-12-19)30-18-24(29)26-20-7-3-1-4-8-20/h2,5-6,9-14,17,20H,1,3-4,7-8,15-16,18H2,(H,26,29)(H,27,28)/b25-17-. The number of hydrogen-bond acceptors (Lipinski definition) is 5. The predicted octanol–water partition coefficient (Wildman–Crippen LogP) is 4.15. The maximum Gasteiger partial charge on any atom is 0.258 e. The van der Waals surface area contributed by atoms with Gasteiger partial charge in [0.05, 0.1) is 6.21 Å². The van der Waals surface area contributed by atoms with E-state index in [0.29, 0.717) is 17.9 Å². The van der Waals surface area contributed by atoms with Crippen LogP contribution in [0.25, 0.3) is 0 Å². The van der Waals surface area contributed by atoms with Gasteiger partial charge < -0.3 is 10.1 Å². The Balaban J connectivity index is 1.32. The fourth-order valence-corrected chi connectivity index (χ4v) is 4.20. The first-order valence-corrected chi connectivity index (χ1v) is 11.7. The van der Waals surface area contributed by atoms with Crippen molar-refractivity contribution in [3.8, 4) is 5.75 Å². The highest BCUT2D eigenvalue weighted by molar-refractivity contribution is 7.99. The molecule has 0 bridgehead atoms. The molecule has 0 saturated heterocycles. The molecular weight excluding hydrogens is 410 g/mol. The first-order chi connectivity index (χ1) is 15.2. The van der Waals surface area contributed by atoms with Crippen molar-refractivity contribution < 1.29 is 14.3 Å². The Morgan fingerprint density at radius 2 is 1.74 bits per heavy atom. The molecule has 2 amide bonds. The molecule has 0 atom stereocenters. The molecule has 164 valence electrons. The summed E-state index contributed by atoms with van der Waals surface area (Å²) < 4.78 is 5.56. The number of ether oxygens (including phenoxy) is 1. The van der Waals surface area contributed by atoms with Crippen LogP contribution in [0.5, 0.6) is 5.75 Å². The van der Waals surface area contributed by atoms with Gasteiger partial charge in [0.2, 0.25) is 5.91 Å². The van der Waals surface area contributed by atoms with Gasteiger partial charge in [-0.15, -0.1) is 11.8 Å². The van der Waals surface area contributed by atoms with Crippen LogP contribution in [0.4, 0.5) is 0 Å². The second kappa shape index (κ2) is 12.8. The molecule has 1 fully saturated rings. The summed E-state index contributed by atoms with van der Waals surface area (Å²) in [4.78, 5) is 25.0. The van der Waals surface area contributed by atoms with Gasteiger partial charge in [-0.05, 0) is 54.8 Å². The van der Waals surface area contributed by atoms with E-state index in [9.17, 15) is 9.59 Å². The molecule has 2 aromatic carbocycles. The second-order valence-corrected chi connectivity index (χ2v) is 8.63. The number of amides is 2. The third-order valence-corrected chi connectivity index (χ3v) is 5.98. The first-order valence-electron chi connectivity index (χ1n) is 10.7. The third kappa shape index (κ3) is 8.84. The first kappa shape index (κ1) is 22.9. The third-order valence-electron chi connectivity index (χ3n) is 4.96. The van der Waals surface area contributed by atoms with Gasteiger partial charge in [-0.2, -0.15) is 5.10 Å². The van der Waals surface area contributed by atoms with Gasteiger partial charge in [-0.1, -0.05) is 37.5 Å². The smallest absolute Gasteiger partial charge is 0.258 e. The minimum absolute atomic E-state index is 0.0149. The number of benzene rings is 2. The molecule has 0 radical (unpaired) electrons. The summed E-state index contributed by atoms with van der Waals surface area (Å²) in [6.07, 6.45) is 7.72. The molecule has 3 rings (SSSR count). The SMILES string of the molecule is O=C(CCSc1ccccc1)N/N=C\c1ccc(OCC(=O)NC2CCCCC2)cc1. The average molecular weight is 440 g/mol. The maximum absolute atomic E-state index is 12.0. The van der Waals surface area contributed by atoms with Gasteiger partial charge in [-0.25, -0.2) is 5.43 Å². The van der Waals surface area contributed by atoms with Crippen LogP contribution in [0.1, 0.15) is 44.1 Å². The molecule has 0 unspecified atom stereocenters. The van der Waals surface area contributed by atoms with E-state index in [1.165, 1.54) is 19.3 Å². The fourth-order valence-electron chi connectivity index (χ4n) is 3.33. The molecule has 2 aromatic rings. The number of hydrogen-bond donors (Lipinski definition) is 2. The van der Waals surface area contributed by atoms with E-state index in [0.717, 1.165) is 23.3 Å². The Kier molecular flexibility index (Phi) is 9.44. The van der Waals surface area contributed by atoms with Gasteiger partial charge in [0.1, 0.15) is 5.75 Å². The topological polar surface area (TPSA) is 79.8 Å². The van der Waals surface area contributed by atoms with Gasteiger partial charge in [0.15, 0.2) is 6.61 Å². The van der Waals surface area contributed by atoms with Crippen molar-refractivity contribution in [3.05, 3.63) is 60.2 Å². The number of carbonyl (C=O) groups excluding carboxylic acids is 2. The molecule has 6 nitrogen and oxygen atoms in total. The lowest BCUT2D eigenvalue weighted by Gasteiger charge is -2.22. The van der Waals surface area contributed by atoms with Crippen LogP contribution in [0, 0.1) is 0 Å².